The number of hydrogen-bond acceptors (Lipinski definition) is 5. The van der Waals surface area contributed by atoms with E-state index in [4.69, 9.17) is 16.6 Å². The third kappa shape index (κ3) is 1.98. The van der Waals surface area contributed by atoms with Crippen molar-refractivity contribution in [3.63, 3.8) is 0 Å². The number of anilines is 1. The molecule has 0 unspecified atom stereocenters. The zero-order chi connectivity index (χ0) is 8.97. The summed E-state index contributed by atoms with van der Waals surface area (Å²) in [4.78, 5) is 10.5. The fourth-order valence-corrected chi connectivity index (χ4v) is 0.545. The summed E-state index contributed by atoms with van der Waals surface area (Å²) in [7, 11) is 0. The topological polar surface area (TPSA) is 94.0 Å². The van der Waals surface area contributed by atoms with Crippen LogP contribution in [0.4, 0.5) is 6.01 Å². The van der Waals surface area contributed by atoms with Gasteiger partial charge in [0.05, 0.1) is 6.54 Å². The van der Waals surface area contributed by atoms with Gasteiger partial charge in [0, 0.05) is 0 Å². The van der Waals surface area contributed by atoms with Crippen molar-refractivity contribution in [1.82, 2.24) is 15.5 Å². The summed E-state index contributed by atoms with van der Waals surface area (Å²) in [6.45, 7) is 0.0905. The van der Waals surface area contributed by atoms with Crippen LogP contribution in [0, 0.1) is 12.3 Å². The Morgan fingerprint density at radius 1 is 1.75 bits per heavy atom. The Kier molecular flexibility index (Phi) is 2.28. The molecule has 1 rings (SSSR count). The van der Waals surface area contributed by atoms with Gasteiger partial charge in [0.25, 0.3) is 5.91 Å². The van der Waals surface area contributed by atoms with Crippen molar-refractivity contribution in [1.29, 1.82) is 0 Å². The molecule has 0 aliphatic carbocycles. The van der Waals surface area contributed by atoms with Gasteiger partial charge in [0.1, 0.15) is 0 Å². The van der Waals surface area contributed by atoms with Crippen molar-refractivity contribution in [2.24, 2.45) is 0 Å². The number of nitrogens with zero attached hydrogens (tertiary/aromatic N) is 2. The Hall–Kier alpha value is -2.03. The van der Waals surface area contributed by atoms with Gasteiger partial charge in [0.2, 0.25) is 5.89 Å². The summed E-state index contributed by atoms with van der Waals surface area (Å²) < 4.78 is 4.75. The Morgan fingerprint density at radius 2 is 2.50 bits per heavy atom. The number of terminal acetylenes is 1. The normalized spacial score (nSPS) is 8.92. The van der Waals surface area contributed by atoms with Crippen molar-refractivity contribution in [2.45, 2.75) is 6.54 Å². The molecule has 0 atom stereocenters. The zero-order valence-electron chi connectivity index (χ0n) is 6.07. The highest BCUT2D eigenvalue weighted by atomic mass is 16.4. The molecule has 6 nitrogen and oxygen atoms in total. The van der Waals surface area contributed by atoms with Crippen molar-refractivity contribution in [2.75, 3.05) is 5.73 Å². The van der Waals surface area contributed by atoms with E-state index in [1.165, 1.54) is 0 Å². The lowest BCUT2D eigenvalue weighted by Crippen LogP contribution is -2.20. The van der Waals surface area contributed by atoms with Gasteiger partial charge in [-0.15, -0.1) is 11.5 Å². The number of carbonyl (C=O) groups is 1. The average Bonchev–Trinajstić information content (AvgIpc) is 2.47. The molecular formula is C6H6N4O2. The highest BCUT2D eigenvalue weighted by Gasteiger charge is 2.02. The minimum Gasteiger partial charge on any atom is -0.406 e. The van der Waals surface area contributed by atoms with Gasteiger partial charge in [-0.3, -0.25) is 4.79 Å². The minimum absolute atomic E-state index is 0.0417. The van der Waals surface area contributed by atoms with Crippen LogP contribution >= 0.6 is 0 Å². The van der Waals surface area contributed by atoms with Crippen LogP contribution in [-0.4, -0.2) is 16.1 Å². The molecule has 0 fully saturated rings. The number of hydrogen-bond donors (Lipinski definition) is 2. The van der Waals surface area contributed by atoms with E-state index in [9.17, 15) is 4.79 Å². The SMILES string of the molecule is C#CC(=O)NCc1nnc(N)o1. The molecule has 0 aliphatic heterocycles. The second-order valence-corrected chi connectivity index (χ2v) is 1.86. The van der Waals surface area contributed by atoms with E-state index in [1.807, 2.05) is 5.92 Å². The molecule has 3 N–H and O–H groups in total. The minimum atomic E-state index is -0.535. The molecule has 0 spiro atoms. The molecule has 0 saturated carbocycles. The molecule has 62 valence electrons. The maximum atomic E-state index is 10.5. The second-order valence-electron chi connectivity index (χ2n) is 1.86. The van der Waals surface area contributed by atoms with Crippen molar-refractivity contribution in [3.8, 4) is 12.3 Å². The summed E-state index contributed by atoms with van der Waals surface area (Å²) in [5.74, 6) is 1.55. The summed E-state index contributed by atoms with van der Waals surface area (Å²) in [5.41, 5.74) is 5.12. The van der Waals surface area contributed by atoms with Crippen LogP contribution < -0.4 is 11.1 Å². The maximum absolute atomic E-state index is 10.5. The maximum Gasteiger partial charge on any atom is 0.312 e. The summed E-state index contributed by atoms with van der Waals surface area (Å²) in [6.07, 6.45) is 4.79. The van der Waals surface area contributed by atoms with Gasteiger partial charge < -0.3 is 15.5 Å². The van der Waals surface area contributed by atoms with E-state index >= 15 is 0 Å². The molecule has 1 aromatic heterocycles. The molecular weight excluding hydrogens is 160 g/mol. The number of carbonyl (C=O) groups excluding carboxylic acids is 1. The van der Waals surface area contributed by atoms with Gasteiger partial charge in [-0.2, -0.15) is 0 Å². The highest BCUT2D eigenvalue weighted by molar-refractivity contribution is 5.92. The number of rotatable bonds is 2. The van der Waals surface area contributed by atoms with Gasteiger partial charge in [-0.05, 0) is 5.92 Å². The third-order valence-corrected chi connectivity index (χ3v) is 1.01. The van der Waals surface area contributed by atoms with E-state index in [0.717, 1.165) is 0 Å². The fourth-order valence-electron chi connectivity index (χ4n) is 0.545. The molecule has 1 aromatic rings. The van der Waals surface area contributed by atoms with E-state index in [-0.39, 0.29) is 18.5 Å². The second kappa shape index (κ2) is 3.39. The van der Waals surface area contributed by atoms with Crippen LogP contribution in [0.2, 0.25) is 0 Å². The average molecular weight is 166 g/mol. The molecule has 0 aliphatic rings. The predicted octanol–water partition coefficient (Wildman–Crippen LogP) is -1.10. The summed E-state index contributed by atoms with van der Waals surface area (Å²) in [6, 6.07) is -0.0417. The number of nitrogen functional groups attached to an aromatic ring is 1. The summed E-state index contributed by atoms with van der Waals surface area (Å²) >= 11 is 0. The highest BCUT2D eigenvalue weighted by Crippen LogP contribution is 1.98. The van der Waals surface area contributed by atoms with Crippen molar-refractivity contribution < 1.29 is 9.21 Å². The smallest absolute Gasteiger partial charge is 0.312 e. The largest absolute Gasteiger partial charge is 0.406 e. The lowest BCUT2D eigenvalue weighted by molar-refractivity contribution is -0.115. The molecule has 12 heavy (non-hydrogen) atoms. The lowest BCUT2D eigenvalue weighted by atomic mass is 10.5. The Morgan fingerprint density at radius 3 is 3.00 bits per heavy atom. The number of nitrogens with one attached hydrogen (secondary N) is 1. The van der Waals surface area contributed by atoms with Gasteiger partial charge in [0.15, 0.2) is 0 Å². The van der Waals surface area contributed by atoms with Gasteiger partial charge >= 0.3 is 6.01 Å². The first-order valence-electron chi connectivity index (χ1n) is 3.04. The van der Waals surface area contributed by atoms with E-state index in [2.05, 4.69) is 15.5 Å². The van der Waals surface area contributed by atoms with E-state index in [0.29, 0.717) is 0 Å². The predicted molar refractivity (Wildman–Crippen MR) is 39.4 cm³/mol. The monoisotopic (exact) mass is 166 g/mol. The Balaban J connectivity index is 2.44. The first-order chi connectivity index (χ1) is 5.72. The first-order valence-corrected chi connectivity index (χ1v) is 3.04. The van der Waals surface area contributed by atoms with Gasteiger partial charge in [-0.25, -0.2) is 0 Å². The molecule has 0 saturated heterocycles. The molecule has 6 heteroatoms. The Bertz CT molecular complexity index is 325. The lowest BCUT2D eigenvalue weighted by Gasteiger charge is -1.93. The van der Waals surface area contributed by atoms with Crippen LogP contribution in [0.5, 0.6) is 0 Å². The van der Waals surface area contributed by atoms with E-state index < -0.39 is 5.91 Å². The first kappa shape index (κ1) is 8.07. The van der Waals surface area contributed by atoms with Crippen LogP contribution in [0.1, 0.15) is 5.89 Å². The number of amides is 1. The molecule has 0 radical (unpaired) electrons. The molecule has 1 amide bonds. The van der Waals surface area contributed by atoms with Gasteiger partial charge in [-0.1, -0.05) is 5.10 Å². The third-order valence-electron chi connectivity index (χ3n) is 1.01. The molecule has 0 aromatic carbocycles. The quantitative estimate of drug-likeness (QED) is 0.544. The molecule has 1 heterocycles. The van der Waals surface area contributed by atoms with Crippen LogP contribution in [0.3, 0.4) is 0 Å². The zero-order valence-corrected chi connectivity index (χ0v) is 6.07. The van der Waals surface area contributed by atoms with Crippen molar-refractivity contribution in [3.05, 3.63) is 5.89 Å². The Labute approximate surface area is 68.1 Å². The summed E-state index contributed by atoms with van der Waals surface area (Å²) in [5, 5.41) is 9.21. The molecule has 0 bridgehead atoms. The van der Waals surface area contributed by atoms with Crippen LogP contribution in [0.15, 0.2) is 4.42 Å². The standard InChI is InChI=1S/C6H6N4O2/c1-2-4(11)8-3-5-9-10-6(7)12-5/h1H,3H2,(H2,7,10)(H,8,11). The number of nitrogens with two attached hydrogens (primary N) is 1. The van der Waals surface area contributed by atoms with E-state index in [1.54, 1.807) is 0 Å². The fraction of sp³-hybridized carbons (Fsp3) is 0.167. The van der Waals surface area contributed by atoms with Crippen LogP contribution in [0.25, 0.3) is 0 Å². The van der Waals surface area contributed by atoms with Crippen LogP contribution in [-0.2, 0) is 11.3 Å². The van der Waals surface area contributed by atoms with Crippen molar-refractivity contribution >= 4 is 11.9 Å². The number of aromatic nitrogens is 2.